The number of aliphatic hydroxyl groups is 1. The van der Waals surface area contributed by atoms with Crippen LogP contribution in [0.3, 0.4) is 0 Å². The van der Waals surface area contributed by atoms with Gasteiger partial charge >= 0.3 is 0 Å². The molecule has 0 saturated heterocycles. The summed E-state index contributed by atoms with van der Waals surface area (Å²) in [6.45, 7) is 8.93. The molecule has 3 heteroatoms. The minimum absolute atomic E-state index is 0.234. The van der Waals surface area contributed by atoms with E-state index in [1.807, 2.05) is 24.5 Å². The van der Waals surface area contributed by atoms with Crippen LogP contribution in [0.25, 0.3) is 0 Å². The molecule has 1 rings (SSSR count). The molecule has 0 spiro atoms. The van der Waals surface area contributed by atoms with E-state index in [-0.39, 0.29) is 6.10 Å². The Morgan fingerprint density at radius 1 is 1.29 bits per heavy atom. The van der Waals surface area contributed by atoms with E-state index >= 15 is 0 Å². The fourth-order valence-corrected chi connectivity index (χ4v) is 1.77. The van der Waals surface area contributed by atoms with Crippen molar-refractivity contribution in [2.24, 2.45) is 5.92 Å². The van der Waals surface area contributed by atoms with Gasteiger partial charge in [0.25, 0.3) is 0 Å². The molecule has 0 aliphatic carbocycles. The maximum atomic E-state index is 10.0. The third kappa shape index (κ3) is 4.84. The van der Waals surface area contributed by atoms with Gasteiger partial charge in [-0.1, -0.05) is 27.2 Å². The number of hydrogen-bond donors (Lipinski definition) is 1. The van der Waals surface area contributed by atoms with Gasteiger partial charge in [-0.25, -0.2) is 0 Å². The van der Waals surface area contributed by atoms with Gasteiger partial charge in [0, 0.05) is 25.5 Å². The SMILES string of the molecule is CCC(C)C(O)CN(CC)Cc1ccncc1. The van der Waals surface area contributed by atoms with Gasteiger partial charge < -0.3 is 5.11 Å². The van der Waals surface area contributed by atoms with Gasteiger partial charge in [-0.3, -0.25) is 9.88 Å². The Kier molecular flexibility index (Phi) is 6.16. The van der Waals surface area contributed by atoms with Crippen molar-refractivity contribution >= 4 is 0 Å². The first kappa shape index (κ1) is 14.1. The maximum Gasteiger partial charge on any atom is 0.0692 e. The van der Waals surface area contributed by atoms with Crippen molar-refractivity contribution in [1.82, 2.24) is 9.88 Å². The Hall–Kier alpha value is -0.930. The fraction of sp³-hybridized carbons (Fsp3) is 0.643. The zero-order chi connectivity index (χ0) is 12.7. The van der Waals surface area contributed by atoms with Crippen molar-refractivity contribution in [3.8, 4) is 0 Å². The van der Waals surface area contributed by atoms with Gasteiger partial charge in [0.2, 0.25) is 0 Å². The summed E-state index contributed by atoms with van der Waals surface area (Å²) >= 11 is 0. The van der Waals surface area contributed by atoms with Crippen molar-refractivity contribution in [1.29, 1.82) is 0 Å². The van der Waals surface area contributed by atoms with E-state index in [1.54, 1.807) is 0 Å². The average Bonchev–Trinajstić information content (AvgIpc) is 2.38. The second-order valence-corrected chi connectivity index (χ2v) is 4.64. The van der Waals surface area contributed by atoms with Gasteiger partial charge in [-0.05, 0) is 30.2 Å². The molecule has 1 heterocycles. The van der Waals surface area contributed by atoms with Crippen LogP contribution in [0.15, 0.2) is 24.5 Å². The summed E-state index contributed by atoms with van der Waals surface area (Å²) in [7, 11) is 0. The van der Waals surface area contributed by atoms with Gasteiger partial charge in [-0.15, -0.1) is 0 Å². The molecule has 0 fully saturated rings. The second kappa shape index (κ2) is 7.41. The fourth-order valence-electron chi connectivity index (χ4n) is 1.77. The third-order valence-electron chi connectivity index (χ3n) is 3.35. The van der Waals surface area contributed by atoms with E-state index in [2.05, 4.69) is 30.7 Å². The van der Waals surface area contributed by atoms with Crippen molar-refractivity contribution < 1.29 is 5.11 Å². The van der Waals surface area contributed by atoms with E-state index in [9.17, 15) is 5.11 Å². The van der Waals surface area contributed by atoms with Gasteiger partial charge in [0.05, 0.1) is 6.10 Å². The lowest BCUT2D eigenvalue weighted by atomic mass is 10.0. The Balaban J connectivity index is 2.49. The zero-order valence-electron chi connectivity index (χ0n) is 11.1. The monoisotopic (exact) mass is 236 g/mol. The zero-order valence-corrected chi connectivity index (χ0v) is 11.1. The molecule has 1 aromatic heterocycles. The molecular formula is C14H24N2O. The largest absolute Gasteiger partial charge is 0.392 e. The van der Waals surface area contributed by atoms with Crippen molar-refractivity contribution in [2.45, 2.75) is 39.8 Å². The molecule has 0 aliphatic heterocycles. The lowest BCUT2D eigenvalue weighted by molar-refractivity contribution is 0.0676. The highest BCUT2D eigenvalue weighted by atomic mass is 16.3. The Morgan fingerprint density at radius 2 is 1.94 bits per heavy atom. The molecule has 17 heavy (non-hydrogen) atoms. The highest BCUT2D eigenvalue weighted by Gasteiger charge is 2.15. The van der Waals surface area contributed by atoms with Crippen LogP contribution in [-0.4, -0.2) is 34.2 Å². The molecule has 0 saturated carbocycles. The first-order valence-corrected chi connectivity index (χ1v) is 6.46. The van der Waals surface area contributed by atoms with Crippen molar-refractivity contribution in [3.63, 3.8) is 0 Å². The van der Waals surface area contributed by atoms with Gasteiger partial charge in [-0.2, -0.15) is 0 Å². The number of likely N-dealkylation sites (N-methyl/N-ethyl adjacent to an activating group) is 1. The number of pyridine rings is 1. The summed E-state index contributed by atoms with van der Waals surface area (Å²) in [6, 6.07) is 4.05. The third-order valence-corrected chi connectivity index (χ3v) is 3.35. The molecule has 96 valence electrons. The van der Waals surface area contributed by atoms with Crippen LogP contribution in [0.4, 0.5) is 0 Å². The number of aliphatic hydroxyl groups excluding tert-OH is 1. The molecule has 2 atom stereocenters. The maximum absolute atomic E-state index is 10.0. The quantitative estimate of drug-likeness (QED) is 0.789. The summed E-state index contributed by atoms with van der Waals surface area (Å²) in [5.41, 5.74) is 1.25. The van der Waals surface area contributed by atoms with E-state index in [1.165, 1.54) is 5.56 Å². The van der Waals surface area contributed by atoms with Crippen molar-refractivity contribution in [3.05, 3.63) is 30.1 Å². The van der Waals surface area contributed by atoms with Crippen LogP contribution in [0.1, 0.15) is 32.8 Å². The minimum atomic E-state index is -0.234. The van der Waals surface area contributed by atoms with Gasteiger partial charge in [0.15, 0.2) is 0 Å². The average molecular weight is 236 g/mol. The van der Waals surface area contributed by atoms with Crippen LogP contribution < -0.4 is 0 Å². The highest BCUT2D eigenvalue weighted by Crippen LogP contribution is 2.11. The standard InChI is InChI=1S/C14H24N2O/c1-4-12(3)14(17)11-16(5-2)10-13-6-8-15-9-7-13/h6-9,12,14,17H,4-5,10-11H2,1-3H3. The predicted molar refractivity (Wildman–Crippen MR) is 70.6 cm³/mol. The highest BCUT2D eigenvalue weighted by molar-refractivity contribution is 5.09. The molecule has 0 aromatic carbocycles. The Bertz CT molecular complexity index is 302. The number of aromatic nitrogens is 1. The first-order chi connectivity index (χ1) is 8.17. The van der Waals surface area contributed by atoms with Crippen LogP contribution in [0, 0.1) is 5.92 Å². The molecule has 3 nitrogen and oxygen atoms in total. The predicted octanol–water partition coefficient (Wildman–Crippen LogP) is 2.31. The second-order valence-electron chi connectivity index (χ2n) is 4.64. The molecule has 0 amide bonds. The Labute approximate surface area is 104 Å². The molecule has 0 aliphatic rings. The smallest absolute Gasteiger partial charge is 0.0692 e. The number of nitrogens with zero attached hydrogens (tertiary/aromatic N) is 2. The van der Waals surface area contributed by atoms with Gasteiger partial charge in [0.1, 0.15) is 0 Å². The minimum Gasteiger partial charge on any atom is -0.392 e. The van der Waals surface area contributed by atoms with E-state index in [0.717, 1.165) is 26.1 Å². The summed E-state index contributed by atoms with van der Waals surface area (Å²) in [4.78, 5) is 6.28. The first-order valence-electron chi connectivity index (χ1n) is 6.46. The van der Waals surface area contributed by atoms with E-state index in [4.69, 9.17) is 0 Å². The normalized spacial score (nSPS) is 14.9. The summed E-state index contributed by atoms with van der Waals surface area (Å²) < 4.78 is 0. The van der Waals surface area contributed by atoms with E-state index < -0.39 is 0 Å². The lowest BCUT2D eigenvalue weighted by Crippen LogP contribution is -2.35. The van der Waals surface area contributed by atoms with Crippen molar-refractivity contribution in [2.75, 3.05) is 13.1 Å². The summed E-state index contributed by atoms with van der Waals surface area (Å²) in [6.07, 6.45) is 4.41. The summed E-state index contributed by atoms with van der Waals surface area (Å²) in [5, 5.41) is 10.0. The molecule has 1 aromatic rings. The topological polar surface area (TPSA) is 36.4 Å². The van der Waals surface area contributed by atoms with E-state index in [0.29, 0.717) is 5.92 Å². The number of rotatable bonds is 7. The lowest BCUT2D eigenvalue weighted by Gasteiger charge is -2.26. The van der Waals surface area contributed by atoms with Crippen LogP contribution in [0.2, 0.25) is 0 Å². The van der Waals surface area contributed by atoms with Crippen LogP contribution in [0.5, 0.6) is 0 Å². The van der Waals surface area contributed by atoms with Crippen LogP contribution in [-0.2, 0) is 6.54 Å². The molecular weight excluding hydrogens is 212 g/mol. The molecule has 1 N–H and O–H groups in total. The summed E-state index contributed by atoms with van der Waals surface area (Å²) in [5.74, 6) is 0.362. The van der Waals surface area contributed by atoms with Crippen LogP contribution >= 0.6 is 0 Å². The molecule has 2 unspecified atom stereocenters. The number of hydrogen-bond acceptors (Lipinski definition) is 3. The molecule has 0 radical (unpaired) electrons. The molecule has 0 bridgehead atoms. The Morgan fingerprint density at radius 3 is 2.47 bits per heavy atom.